The van der Waals surface area contributed by atoms with Crippen LogP contribution < -0.4 is 5.32 Å². The maximum Gasteiger partial charge on any atom is 0.257 e. The highest BCUT2D eigenvalue weighted by molar-refractivity contribution is 5.51. The number of hydrogen-bond acceptors (Lipinski definition) is 6. The van der Waals surface area contributed by atoms with Crippen molar-refractivity contribution in [2.45, 2.75) is 12.6 Å². The van der Waals surface area contributed by atoms with Crippen LogP contribution in [0, 0.1) is 0 Å². The molecule has 1 fully saturated rings. The molecule has 0 radical (unpaired) electrons. The summed E-state index contributed by atoms with van der Waals surface area (Å²) in [5.74, 6) is 1.26. The lowest BCUT2D eigenvalue weighted by atomic mass is 10.2. The van der Waals surface area contributed by atoms with Crippen LogP contribution in [-0.4, -0.2) is 54.4 Å². The van der Waals surface area contributed by atoms with Crippen molar-refractivity contribution in [3.63, 3.8) is 0 Å². The topological polar surface area (TPSA) is 63.4 Å². The zero-order valence-electron chi connectivity index (χ0n) is 12.2. The average molecular weight is 288 g/mol. The zero-order chi connectivity index (χ0) is 14.5. The highest BCUT2D eigenvalue weighted by atomic mass is 16.5. The minimum atomic E-state index is 0.226. The molecule has 6 heteroatoms. The summed E-state index contributed by atoms with van der Waals surface area (Å²) in [5.41, 5.74) is 0.943. The summed E-state index contributed by atoms with van der Waals surface area (Å²) in [6.45, 7) is 4.11. The first kappa shape index (κ1) is 14.2. The average Bonchev–Trinajstić information content (AvgIpc) is 2.97. The van der Waals surface area contributed by atoms with E-state index in [1.807, 2.05) is 37.4 Å². The molecule has 0 bridgehead atoms. The SMILES string of the molecule is CN(Cc1noc(-c2ccccc2)n1)CC1CNCCO1. The van der Waals surface area contributed by atoms with Crippen molar-refractivity contribution >= 4 is 0 Å². The molecule has 2 heterocycles. The number of likely N-dealkylation sites (N-methyl/N-ethyl adjacent to an activating group) is 1. The van der Waals surface area contributed by atoms with E-state index in [1.165, 1.54) is 0 Å². The quantitative estimate of drug-likeness (QED) is 0.890. The lowest BCUT2D eigenvalue weighted by Gasteiger charge is -2.27. The van der Waals surface area contributed by atoms with E-state index in [0.717, 1.165) is 31.8 Å². The van der Waals surface area contributed by atoms with Gasteiger partial charge in [-0.15, -0.1) is 0 Å². The Hall–Kier alpha value is -1.76. The molecule has 0 amide bonds. The van der Waals surface area contributed by atoms with E-state index in [9.17, 15) is 0 Å². The Morgan fingerprint density at radius 1 is 1.33 bits per heavy atom. The van der Waals surface area contributed by atoms with E-state index in [1.54, 1.807) is 0 Å². The number of ether oxygens (including phenoxy) is 1. The van der Waals surface area contributed by atoms with Crippen LogP contribution in [0.1, 0.15) is 5.82 Å². The Kier molecular flexibility index (Phi) is 4.59. The molecule has 1 aromatic heterocycles. The molecule has 1 aliphatic rings. The summed E-state index contributed by atoms with van der Waals surface area (Å²) < 4.78 is 11.0. The Bertz CT molecular complexity index is 552. The largest absolute Gasteiger partial charge is 0.374 e. The van der Waals surface area contributed by atoms with Gasteiger partial charge in [0, 0.05) is 25.2 Å². The molecule has 3 rings (SSSR count). The highest BCUT2D eigenvalue weighted by Gasteiger charge is 2.17. The number of morpholine rings is 1. The fourth-order valence-corrected chi connectivity index (χ4v) is 2.41. The van der Waals surface area contributed by atoms with Gasteiger partial charge in [-0.05, 0) is 19.2 Å². The predicted octanol–water partition coefficient (Wildman–Crippen LogP) is 1.16. The Morgan fingerprint density at radius 2 is 2.19 bits per heavy atom. The van der Waals surface area contributed by atoms with Gasteiger partial charge in [0.1, 0.15) is 0 Å². The van der Waals surface area contributed by atoms with E-state index in [2.05, 4.69) is 20.4 Å². The molecule has 1 unspecified atom stereocenters. The molecule has 0 aliphatic carbocycles. The lowest BCUT2D eigenvalue weighted by Crippen LogP contribution is -2.44. The van der Waals surface area contributed by atoms with Crippen molar-refractivity contribution in [1.82, 2.24) is 20.4 Å². The molecule has 0 saturated carbocycles. The van der Waals surface area contributed by atoms with Crippen LogP contribution in [0.3, 0.4) is 0 Å². The molecule has 0 spiro atoms. The lowest BCUT2D eigenvalue weighted by molar-refractivity contribution is 0.00840. The molecule has 1 atom stereocenters. The number of benzene rings is 1. The molecule has 1 aromatic carbocycles. The number of nitrogens with zero attached hydrogens (tertiary/aromatic N) is 3. The third-order valence-electron chi connectivity index (χ3n) is 3.42. The molecule has 1 N–H and O–H groups in total. The van der Waals surface area contributed by atoms with Crippen LogP contribution in [-0.2, 0) is 11.3 Å². The van der Waals surface area contributed by atoms with Crippen LogP contribution >= 0.6 is 0 Å². The van der Waals surface area contributed by atoms with E-state index >= 15 is 0 Å². The predicted molar refractivity (Wildman–Crippen MR) is 78.7 cm³/mol. The van der Waals surface area contributed by atoms with Crippen LogP contribution in [0.2, 0.25) is 0 Å². The summed E-state index contributed by atoms with van der Waals surface area (Å²) >= 11 is 0. The van der Waals surface area contributed by atoms with Gasteiger partial charge < -0.3 is 14.6 Å². The maximum atomic E-state index is 5.69. The molecular weight excluding hydrogens is 268 g/mol. The Labute approximate surface area is 124 Å². The van der Waals surface area contributed by atoms with Crippen molar-refractivity contribution in [2.24, 2.45) is 0 Å². The van der Waals surface area contributed by atoms with E-state index in [4.69, 9.17) is 9.26 Å². The van der Waals surface area contributed by atoms with Gasteiger partial charge >= 0.3 is 0 Å². The van der Waals surface area contributed by atoms with Gasteiger partial charge in [-0.2, -0.15) is 4.98 Å². The Morgan fingerprint density at radius 3 is 2.95 bits per heavy atom. The van der Waals surface area contributed by atoms with Crippen molar-refractivity contribution in [2.75, 3.05) is 33.3 Å². The first-order valence-corrected chi connectivity index (χ1v) is 7.20. The maximum absolute atomic E-state index is 5.69. The Balaban J connectivity index is 1.56. The van der Waals surface area contributed by atoms with Crippen molar-refractivity contribution in [1.29, 1.82) is 0 Å². The molecule has 21 heavy (non-hydrogen) atoms. The first-order valence-electron chi connectivity index (χ1n) is 7.20. The van der Waals surface area contributed by atoms with Gasteiger partial charge in [0.05, 0.1) is 19.3 Å². The fourth-order valence-electron chi connectivity index (χ4n) is 2.41. The molecule has 6 nitrogen and oxygen atoms in total. The highest BCUT2D eigenvalue weighted by Crippen LogP contribution is 2.16. The molecular formula is C15H20N4O2. The summed E-state index contributed by atoms with van der Waals surface area (Å²) in [5, 5.41) is 7.37. The van der Waals surface area contributed by atoms with Crippen molar-refractivity contribution in [3.05, 3.63) is 36.2 Å². The van der Waals surface area contributed by atoms with Gasteiger partial charge in [0.2, 0.25) is 0 Å². The van der Waals surface area contributed by atoms with Gasteiger partial charge in [0.25, 0.3) is 5.89 Å². The number of nitrogens with one attached hydrogen (secondary N) is 1. The molecule has 112 valence electrons. The summed E-state index contributed by atoms with van der Waals surface area (Å²) in [7, 11) is 2.04. The van der Waals surface area contributed by atoms with Crippen LogP contribution in [0.4, 0.5) is 0 Å². The normalized spacial score (nSPS) is 19.0. The van der Waals surface area contributed by atoms with Crippen LogP contribution in [0.25, 0.3) is 11.5 Å². The number of rotatable bonds is 5. The third kappa shape index (κ3) is 3.87. The minimum absolute atomic E-state index is 0.226. The molecule has 2 aromatic rings. The standard InChI is InChI=1S/C15H20N4O2/c1-19(10-13-9-16-7-8-20-13)11-14-17-15(21-18-14)12-5-3-2-4-6-12/h2-6,13,16H,7-11H2,1H3. The third-order valence-corrected chi connectivity index (χ3v) is 3.42. The second-order valence-corrected chi connectivity index (χ2v) is 5.28. The van der Waals surface area contributed by atoms with E-state index < -0.39 is 0 Å². The monoisotopic (exact) mass is 288 g/mol. The van der Waals surface area contributed by atoms with Crippen LogP contribution in [0.15, 0.2) is 34.9 Å². The van der Waals surface area contributed by atoms with Gasteiger partial charge in [-0.1, -0.05) is 23.4 Å². The zero-order valence-corrected chi connectivity index (χ0v) is 12.2. The number of hydrogen-bond donors (Lipinski definition) is 1. The van der Waals surface area contributed by atoms with Crippen LogP contribution in [0.5, 0.6) is 0 Å². The first-order chi connectivity index (χ1) is 10.3. The second-order valence-electron chi connectivity index (χ2n) is 5.28. The smallest absolute Gasteiger partial charge is 0.257 e. The molecule has 1 aliphatic heterocycles. The summed E-state index contributed by atoms with van der Waals surface area (Å²) in [6.07, 6.45) is 0.226. The van der Waals surface area contributed by atoms with E-state index in [-0.39, 0.29) is 6.10 Å². The summed E-state index contributed by atoms with van der Waals surface area (Å²) in [6, 6.07) is 9.80. The second kappa shape index (κ2) is 6.80. The minimum Gasteiger partial charge on any atom is -0.374 e. The molecule has 1 saturated heterocycles. The van der Waals surface area contributed by atoms with Gasteiger partial charge in [-0.25, -0.2) is 0 Å². The van der Waals surface area contributed by atoms with Crippen molar-refractivity contribution in [3.8, 4) is 11.5 Å². The number of aromatic nitrogens is 2. The van der Waals surface area contributed by atoms with Crippen molar-refractivity contribution < 1.29 is 9.26 Å². The van der Waals surface area contributed by atoms with Gasteiger partial charge in [0.15, 0.2) is 5.82 Å². The van der Waals surface area contributed by atoms with Gasteiger partial charge in [-0.3, -0.25) is 4.90 Å². The van der Waals surface area contributed by atoms with E-state index in [0.29, 0.717) is 18.3 Å². The fraction of sp³-hybridized carbons (Fsp3) is 0.467. The summed E-state index contributed by atoms with van der Waals surface area (Å²) in [4.78, 5) is 6.59.